The molecule has 13 nitrogen and oxygen atoms in total. The zero-order chi connectivity index (χ0) is 27.0. The minimum Gasteiger partial charge on any atom is -0.375 e. The van der Waals surface area contributed by atoms with Crippen molar-refractivity contribution in [2.45, 2.75) is 31.8 Å². The molecule has 0 bridgehead atoms. The van der Waals surface area contributed by atoms with Crippen molar-refractivity contribution in [1.82, 2.24) is 44.7 Å². The van der Waals surface area contributed by atoms with Gasteiger partial charge in [-0.05, 0) is 32.3 Å². The van der Waals surface area contributed by atoms with Crippen molar-refractivity contribution in [3.8, 4) is 0 Å². The lowest BCUT2D eigenvalue weighted by Crippen LogP contribution is -2.53. The second kappa shape index (κ2) is 10.2. The fourth-order valence-electron chi connectivity index (χ4n) is 5.12. The van der Waals surface area contributed by atoms with Gasteiger partial charge in [0.05, 0.1) is 46.4 Å². The van der Waals surface area contributed by atoms with Crippen molar-refractivity contribution in [3.63, 3.8) is 0 Å². The minimum absolute atomic E-state index is 0. The molecule has 1 spiro atoms. The predicted molar refractivity (Wildman–Crippen MR) is 153 cm³/mol. The average Bonchev–Trinajstić information content (AvgIpc) is 3.46. The first-order chi connectivity index (χ1) is 18.9. The van der Waals surface area contributed by atoms with Crippen LogP contribution in [0.3, 0.4) is 0 Å². The zero-order valence-corrected chi connectivity index (χ0v) is 22.4. The van der Waals surface area contributed by atoms with Gasteiger partial charge in [-0.1, -0.05) is 0 Å². The molecule has 0 aromatic carbocycles. The number of carbonyl (C=O) groups excluding carboxylic acids is 1. The Kier molecular flexibility index (Phi) is 6.61. The van der Waals surface area contributed by atoms with Crippen molar-refractivity contribution in [3.05, 3.63) is 42.1 Å². The summed E-state index contributed by atoms with van der Waals surface area (Å²) in [5.74, 6) is 0.880. The van der Waals surface area contributed by atoms with Crippen LogP contribution in [0.25, 0.3) is 11.0 Å². The molecular weight excluding hydrogens is 498 g/mol. The highest BCUT2D eigenvalue weighted by Crippen LogP contribution is 2.36. The highest BCUT2D eigenvalue weighted by Gasteiger charge is 2.40. The maximum absolute atomic E-state index is 12.9. The maximum atomic E-state index is 12.9. The summed E-state index contributed by atoms with van der Waals surface area (Å²) in [6, 6.07) is 1.80. The fraction of sp³-hybridized carbons (Fsp3) is 0.462. The number of aryl methyl sites for hydroxylation is 3. The van der Waals surface area contributed by atoms with E-state index in [0.717, 1.165) is 55.9 Å². The first-order valence-electron chi connectivity index (χ1n) is 13.2. The van der Waals surface area contributed by atoms with Crippen molar-refractivity contribution < 1.29 is 13.8 Å². The van der Waals surface area contributed by atoms with E-state index < -0.39 is 0 Å². The summed E-state index contributed by atoms with van der Waals surface area (Å²) in [5, 5.41) is 19.0. The zero-order valence-electron chi connectivity index (χ0n) is 22.4. The Bertz CT molecular complexity index is 1510. The normalized spacial score (nSPS) is 16.8. The summed E-state index contributed by atoms with van der Waals surface area (Å²) >= 11 is 0. The molecule has 0 atom stereocenters. The summed E-state index contributed by atoms with van der Waals surface area (Å²) in [7, 11) is 3.67. The number of carbonyl (C=O) groups is 1. The van der Waals surface area contributed by atoms with Gasteiger partial charge in [0.25, 0.3) is 5.91 Å². The number of fused-ring (bicyclic) bond motifs is 1. The Morgan fingerprint density at radius 1 is 1.13 bits per heavy atom. The second-order valence-electron chi connectivity index (χ2n) is 10.3. The van der Waals surface area contributed by atoms with Crippen LogP contribution < -0.4 is 16.0 Å². The molecule has 0 saturated carbocycles. The fourth-order valence-corrected chi connectivity index (χ4v) is 5.12. The van der Waals surface area contributed by atoms with Crippen LogP contribution in [0.15, 0.2) is 30.9 Å². The van der Waals surface area contributed by atoms with Gasteiger partial charge in [0.2, 0.25) is 5.95 Å². The number of rotatable bonds is 8. The number of aromatic nitrogens is 7. The molecule has 4 aromatic heterocycles. The quantitative estimate of drug-likeness (QED) is 0.307. The standard InChI is InChI=1S/C26H33N11O2.3H2/c1-17-21(12-18(13-28-17)24(38)27-7-10-37-8-4-26(5-9-37)6-11-39-26)32-22-20-15-29-25(33-23(20)36(3)34-22)31-19-14-30-35(2)16-19;;;/h12-16H,4-11H2,1-3H3,(H,27,38)(H,32,34)(H,29,31,33);3*1H. The van der Waals surface area contributed by atoms with Gasteiger partial charge in [-0.25, -0.2) is 9.67 Å². The van der Waals surface area contributed by atoms with Crippen molar-refractivity contribution in [2.75, 3.05) is 43.4 Å². The summed E-state index contributed by atoms with van der Waals surface area (Å²) in [5.41, 5.74) is 3.53. The minimum atomic E-state index is -0.151. The molecule has 0 radical (unpaired) electrons. The second-order valence-corrected chi connectivity index (χ2v) is 10.3. The van der Waals surface area contributed by atoms with E-state index in [9.17, 15) is 4.79 Å². The molecule has 6 rings (SSSR count). The maximum Gasteiger partial charge on any atom is 0.252 e. The number of pyridine rings is 1. The molecule has 13 heteroatoms. The van der Waals surface area contributed by atoms with Crippen LogP contribution in [0, 0.1) is 6.92 Å². The number of piperidine rings is 1. The molecule has 3 N–H and O–H groups in total. The van der Waals surface area contributed by atoms with Crippen LogP contribution in [-0.4, -0.2) is 83.7 Å². The molecule has 2 saturated heterocycles. The summed E-state index contributed by atoms with van der Waals surface area (Å²) in [6.45, 7) is 6.21. The highest BCUT2D eigenvalue weighted by molar-refractivity contribution is 5.96. The third-order valence-corrected chi connectivity index (χ3v) is 7.59. The molecule has 210 valence electrons. The molecule has 39 heavy (non-hydrogen) atoms. The molecule has 6 heterocycles. The molecule has 2 aliphatic rings. The number of hydrogen-bond acceptors (Lipinski definition) is 10. The number of anilines is 4. The lowest BCUT2D eigenvalue weighted by molar-refractivity contribution is -0.172. The molecule has 0 unspecified atom stereocenters. The number of likely N-dealkylation sites (tertiary alicyclic amines) is 1. The molecule has 2 fully saturated rings. The van der Waals surface area contributed by atoms with Gasteiger partial charge in [0, 0.05) is 63.1 Å². The van der Waals surface area contributed by atoms with Gasteiger partial charge in [0.15, 0.2) is 11.5 Å². The van der Waals surface area contributed by atoms with E-state index in [-0.39, 0.29) is 15.8 Å². The lowest BCUT2D eigenvalue weighted by Gasteiger charge is -2.47. The van der Waals surface area contributed by atoms with E-state index in [1.807, 2.05) is 27.2 Å². The third kappa shape index (κ3) is 5.27. The van der Waals surface area contributed by atoms with Gasteiger partial charge in [-0.15, -0.1) is 0 Å². The highest BCUT2D eigenvalue weighted by atomic mass is 16.5. The predicted octanol–water partition coefficient (Wildman–Crippen LogP) is 3.01. The molecule has 2 aliphatic heterocycles. The van der Waals surface area contributed by atoms with Gasteiger partial charge >= 0.3 is 0 Å². The van der Waals surface area contributed by atoms with Crippen LogP contribution in [0.4, 0.5) is 23.1 Å². The Balaban J connectivity index is 0.00000161. The van der Waals surface area contributed by atoms with E-state index in [1.165, 1.54) is 6.42 Å². The van der Waals surface area contributed by atoms with Crippen molar-refractivity contribution in [1.29, 1.82) is 0 Å². The van der Waals surface area contributed by atoms with Crippen molar-refractivity contribution in [2.24, 2.45) is 14.1 Å². The van der Waals surface area contributed by atoms with Crippen LogP contribution >= 0.6 is 0 Å². The van der Waals surface area contributed by atoms with E-state index in [1.54, 1.807) is 34.0 Å². The van der Waals surface area contributed by atoms with Gasteiger partial charge < -0.3 is 25.6 Å². The largest absolute Gasteiger partial charge is 0.375 e. The van der Waals surface area contributed by atoms with E-state index >= 15 is 0 Å². The number of ether oxygens (including phenoxy) is 1. The first-order valence-corrected chi connectivity index (χ1v) is 13.2. The summed E-state index contributed by atoms with van der Waals surface area (Å²) in [4.78, 5) is 28.8. The monoisotopic (exact) mass is 537 g/mol. The van der Waals surface area contributed by atoms with Crippen LogP contribution in [0.1, 0.15) is 39.6 Å². The first kappa shape index (κ1) is 25.2. The lowest BCUT2D eigenvalue weighted by atomic mass is 9.84. The Morgan fingerprint density at radius 3 is 2.67 bits per heavy atom. The Labute approximate surface area is 230 Å². The topological polar surface area (TPSA) is 140 Å². The number of nitrogens with zero attached hydrogens (tertiary/aromatic N) is 8. The molecular formula is C26H39N11O2. The molecule has 1 amide bonds. The van der Waals surface area contributed by atoms with Gasteiger partial charge in [-0.2, -0.15) is 15.2 Å². The van der Waals surface area contributed by atoms with Gasteiger partial charge in [-0.3, -0.25) is 14.5 Å². The number of hydrogen-bond donors (Lipinski definition) is 3. The van der Waals surface area contributed by atoms with E-state index in [4.69, 9.17) is 4.74 Å². The molecule has 0 aliphatic carbocycles. The van der Waals surface area contributed by atoms with Gasteiger partial charge in [0.1, 0.15) is 0 Å². The summed E-state index contributed by atoms with van der Waals surface area (Å²) in [6.07, 6.45) is 10.2. The Morgan fingerprint density at radius 2 is 1.95 bits per heavy atom. The van der Waals surface area contributed by atoms with Crippen LogP contribution in [0.2, 0.25) is 0 Å². The van der Waals surface area contributed by atoms with Crippen LogP contribution in [-0.2, 0) is 18.8 Å². The third-order valence-electron chi connectivity index (χ3n) is 7.59. The Hall–Kier alpha value is -4.10. The van der Waals surface area contributed by atoms with E-state index in [0.29, 0.717) is 35.2 Å². The van der Waals surface area contributed by atoms with Crippen molar-refractivity contribution >= 4 is 40.1 Å². The number of amides is 1. The summed E-state index contributed by atoms with van der Waals surface area (Å²) < 4.78 is 9.18. The van der Waals surface area contributed by atoms with Crippen LogP contribution in [0.5, 0.6) is 0 Å². The SMILES string of the molecule is Cc1ncc(C(=O)NCCN2CCC3(CCO3)CC2)cc1Nc1nn(C)c2nc(Nc3cnn(C)c3)ncc12.[HH].[HH].[HH]. The van der Waals surface area contributed by atoms with E-state index in [2.05, 4.69) is 46.0 Å². The smallest absolute Gasteiger partial charge is 0.252 e. The number of nitrogens with one attached hydrogen (secondary N) is 3. The average molecular weight is 538 g/mol. The molecule has 4 aromatic rings.